The fourth-order valence-corrected chi connectivity index (χ4v) is 2.14. The number of carbonyl (C=O) groups excluding carboxylic acids is 2. The minimum absolute atomic E-state index is 0.0982. The molecule has 0 unspecified atom stereocenters. The van der Waals surface area contributed by atoms with Gasteiger partial charge in [0.05, 0.1) is 23.0 Å². The van der Waals surface area contributed by atoms with Gasteiger partial charge in [-0.15, -0.1) is 0 Å². The van der Waals surface area contributed by atoms with Gasteiger partial charge in [-0.1, -0.05) is 11.6 Å². The molecule has 0 aliphatic carbocycles. The maximum Gasteiger partial charge on any atom is 0.361 e. The van der Waals surface area contributed by atoms with Crippen LogP contribution >= 0.6 is 11.6 Å². The summed E-state index contributed by atoms with van der Waals surface area (Å²) in [5, 5.41) is 11.4. The van der Waals surface area contributed by atoms with Crippen molar-refractivity contribution in [3.05, 3.63) is 29.3 Å². The summed E-state index contributed by atoms with van der Waals surface area (Å²) in [6.45, 7) is 6.35. The fraction of sp³-hybridized carbons (Fsp3) is 0.467. The zero-order valence-corrected chi connectivity index (χ0v) is 14.6. The van der Waals surface area contributed by atoms with Gasteiger partial charge in [0, 0.05) is 31.9 Å². The SMILES string of the molecule is CCn1cc(NC(=O)CCn2cc(Cl)cn2)c(C(=O)OC(C)C)n1. The molecule has 0 saturated heterocycles. The number of rotatable bonds is 7. The van der Waals surface area contributed by atoms with Crippen LogP contribution in [0.3, 0.4) is 0 Å². The molecule has 1 N–H and O–H groups in total. The highest BCUT2D eigenvalue weighted by Gasteiger charge is 2.20. The third kappa shape index (κ3) is 4.82. The number of hydrogen-bond donors (Lipinski definition) is 1. The molecule has 0 aliphatic rings. The molecule has 9 heteroatoms. The monoisotopic (exact) mass is 353 g/mol. The first-order valence-corrected chi connectivity index (χ1v) is 8.03. The van der Waals surface area contributed by atoms with E-state index in [0.717, 1.165) is 0 Å². The van der Waals surface area contributed by atoms with Crippen LogP contribution in [0, 0.1) is 0 Å². The third-order valence-electron chi connectivity index (χ3n) is 3.07. The van der Waals surface area contributed by atoms with Gasteiger partial charge >= 0.3 is 5.97 Å². The molecule has 0 fully saturated rings. The summed E-state index contributed by atoms with van der Waals surface area (Å²) in [6.07, 6.45) is 4.67. The molecule has 2 aromatic heterocycles. The molecule has 0 radical (unpaired) electrons. The van der Waals surface area contributed by atoms with Crippen LogP contribution in [0.2, 0.25) is 5.02 Å². The second kappa shape index (κ2) is 7.96. The van der Waals surface area contributed by atoms with E-state index in [9.17, 15) is 9.59 Å². The second-order valence-corrected chi connectivity index (χ2v) is 5.86. The van der Waals surface area contributed by atoms with E-state index < -0.39 is 5.97 Å². The normalized spacial score (nSPS) is 10.9. The summed E-state index contributed by atoms with van der Waals surface area (Å²) in [7, 11) is 0. The van der Waals surface area contributed by atoms with Crippen LogP contribution in [0.5, 0.6) is 0 Å². The van der Waals surface area contributed by atoms with Gasteiger partial charge in [-0.05, 0) is 20.8 Å². The molecule has 1 amide bonds. The predicted octanol–water partition coefficient (Wildman–Crippen LogP) is 2.35. The van der Waals surface area contributed by atoms with Crippen molar-refractivity contribution in [1.82, 2.24) is 19.6 Å². The standard InChI is InChI=1S/C15H20ClN5O3/c1-4-20-9-12(14(19-20)15(23)24-10(2)3)18-13(22)5-6-21-8-11(16)7-17-21/h7-10H,4-6H2,1-3H3,(H,18,22). The van der Waals surface area contributed by atoms with E-state index in [4.69, 9.17) is 16.3 Å². The van der Waals surface area contributed by atoms with E-state index in [1.54, 1.807) is 35.6 Å². The van der Waals surface area contributed by atoms with E-state index in [-0.39, 0.29) is 24.1 Å². The largest absolute Gasteiger partial charge is 0.458 e. The molecule has 0 saturated carbocycles. The molecule has 0 spiro atoms. The zero-order chi connectivity index (χ0) is 17.7. The van der Waals surface area contributed by atoms with Crippen LogP contribution in [0.1, 0.15) is 37.7 Å². The lowest BCUT2D eigenvalue weighted by Crippen LogP contribution is -2.18. The van der Waals surface area contributed by atoms with Crippen LogP contribution in [-0.2, 0) is 22.6 Å². The number of nitrogens with zero attached hydrogens (tertiary/aromatic N) is 4. The van der Waals surface area contributed by atoms with Crippen molar-refractivity contribution in [1.29, 1.82) is 0 Å². The Morgan fingerprint density at radius 3 is 2.67 bits per heavy atom. The van der Waals surface area contributed by atoms with E-state index in [1.807, 2.05) is 6.92 Å². The quantitative estimate of drug-likeness (QED) is 0.771. The van der Waals surface area contributed by atoms with Crippen molar-refractivity contribution >= 4 is 29.2 Å². The van der Waals surface area contributed by atoms with E-state index in [2.05, 4.69) is 15.5 Å². The average Bonchev–Trinajstić information content (AvgIpc) is 3.10. The van der Waals surface area contributed by atoms with Crippen LogP contribution in [-0.4, -0.2) is 37.5 Å². The second-order valence-electron chi connectivity index (χ2n) is 5.42. The Hall–Kier alpha value is -2.35. The molecule has 2 heterocycles. The molecule has 130 valence electrons. The maximum absolute atomic E-state index is 12.1. The van der Waals surface area contributed by atoms with Gasteiger partial charge in [0.2, 0.25) is 5.91 Å². The number of ether oxygens (including phenoxy) is 1. The van der Waals surface area contributed by atoms with Crippen molar-refractivity contribution in [2.24, 2.45) is 0 Å². The van der Waals surface area contributed by atoms with Crippen molar-refractivity contribution in [3.8, 4) is 0 Å². The number of halogens is 1. The zero-order valence-electron chi connectivity index (χ0n) is 13.8. The highest BCUT2D eigenvalue weighted by atomic mass is 35.5. The average molecular weight is 354 g/mol. The van der Waals surface area contributed by atoms with Gasteiger partial charge in [0.25, 0.3) is 0 Å². The molecule has 0 atom stereocenters. The van der Waals surface area contributed by atoms with Crippen molar-refractivity contribution < 1.29 is 14.3 Å². The number of carbonyl (C=O) groups is 2. The van der Waals surface area contributed by atoms with E-state index >= 15 is 0 Å². The number of hydrogen-bond acceptors (Lipinski definition) is 5. The van der Waals surface area contributed by atoms with Gasteiger partial charge in [-0.3, -0.25) is 14.2 Å². The van der Waals surface area contributed by atoms with Crippen molar-refractivity contribution in [2.75, 3.05) is 5.32 Å². The molecular formula is C15H20ClN5O3. The first kappa shape index (κ1) is 18.0. The summed E-state index contributed by atoms with van der Waals surface area (Å²) in [5.74, 6) is -0.817. The molecular weight excluding hydrogens is 334 g/mol. The molecule has 24 heavy (non-hydrogen) atoms. The van der Waals surface area contributed by atoms with Crippen molar-refractivity contribution in [2.45, 2.75) is 46.4 Å². The van der Waals surface area contributed by atoms with Gasteiger partial charge in [-0.25, -0.2) is 4.79 Å². The van der Waals surface area contributed by atoms with Crippen molar-refractivity contribution in [3.63, 3.8) is 0 Å². The lowest BCUT2D eigenvalue weighted by atomic mass is 10.3. The molecule has 2 aromatic rings. The van der Waals surface area contributed by atoms with Gasteiger partial charge in [0.15, 0.2) is 5.69 Å². The summed E-state index contributed by atoms with van der Waals surface area (Å²) in [4.78, 5) is 24.2. The fourth-order valence-electron chi connectivity index (χ4n) is 1.98. The first-order valence-electron chi connectivity index (χ1n) is 7.65. The number of aryl methyl sites for hydroxylation is 2. The van der Waals surface area contributed by atoms with Gasteiger partial charge in [-0.2, -0.15) is 10.2 Å². The molecule has 0 bridgehead atoms. The maximum atomic E-state index is 12.1. The number of anilines is 1. The van der Waals surface area contributed by atoms with Gasteiger partial charge < -0.3 is 10.1 Å². The Balaban J connectivity index is 2.03. The first-order chi connectivity index (χ1) is 11.4. The Labute approximate surface area is 144 Å². The van der Waals surface area contributed by atoms with Crippen LogP contribution in [0.4, 0.5) is 5.69 Å². The van der Waals surface area contributed by atoms with Crippen LogP contribution < -0.4 is 5.32 Å². The molecule has 0 aliphatic heterocycles. The highest BCUT2D eigenvalue weighted by Crippen LogP contribution is 2.16. The number of aromatic nitrogens is 4. The Kier molecular flexibility index (Phi) is 5.97. The summed E-state index contributed by atoms with van der Waals surface area (Å²) in [6, 6.07) is 0. The summed E-state index contributed by atoms with van der Waals surface area (Å²) < 4.78 is 8.30. The van der Waals surface area contributed by atoms with E-state index in [1.165, 1.54) is 6.20 Å². The number of amides is 1. The lowest BCUT2D eigenvalue weighted by Gasteiger charge is -2.08. The van der Waals surface area contributed by atoms with Crippen LogP contribution in [0.15, 0.2) is 18.6 Å². The Morgan fingerprint density at radius 2 is 2.08 bits per heavy atom. The number of esters is 1. The Morgan fingerprint density at radius 1 is 1.33 bits per heavy atom. The predicted molar refractivity (Wildman–Crippen MR) is 88.9 cm³/mol. The minimum Gasteiger partial charge on any atom is -0.458 e. The third-order valence-corrected chi connectivity index (χ3v) is 3.26. The minimum atomic E-state index is -0.564. The Bertz CT molecular complexity index is 723. The molecule has 8 nitrogen and oxygen atoms in total. The van der Waals surface area contributed by atoms with E-state index in [0.29, 0.717) is 23.8 Å². The topological polar surface area (TPSA) is 91.0 Å². The summed E-state index contributed by atoms with van der Waals surface area (Å²) >= 11 is 5.77. The van der Waals surface area contributed by atoms with Crippen LogP contribution in [0.25, 0.3) is 0 Å². The smallest absolute Gasteiger partial charge is 0.361 e. The van der Waals surface area contributed by atoms with Gasteiger partial charge in [0.1, 0.15) is 0 Å². The summed E-state index contributed by atoms with van der Waals surface area (Å²) in [5.41, 5.74) is 0.437. The highest BCUT2D eigenvalue weighted by molar-refractivity contribution is 6.30. The molecule has 0 aromatic carbocycles. The lowest BCUT2D eigenvalue weighted by molar-refractivity contribution is -0.116. The molecule has 2 rings (SSSR count). The number of nitrogens with one attached hydrogen (secondary N) is 1.